The van der Waals surface area contributed by atoms with E-state index in [1.54, 1.807) is 0 Å². The molecule has 16 heavy (non-hydrogen) atoms. The van der Waals surface area contributed by atoms with Crippen LogP contribution in [0.2, 0.25) is 0 Å². The second-order valence-corrected chi connectivity index (χ2v) is 3.49. The van der Waals surface area contributed by atoms with E-state index in [9.17, 15) is 9.59 Å². The summed E-state index contributed by atoms with van der Waals surface area (Å²) >= 11 is 0. The lowest BCUT2D eigenvalue weighted by Gasteiger charge is -2.11. The summed E-state index contributed by atoms with van der Waals surface area (Å²) in [6.45, 7) is 0.589. The normalized spacial score (nSPS) is 13.5. The Morgan fingerprint density at radius 2 is 1.81 bits per heavy atom. The maximum absolute atomic E-state index is 10.7. The van der Waals surface area contributed by atoms with E-state index in [-0.39, 0.29) is 5.57 Å². The van der Waals surface area contributed by atoms with E-state index in [1.807, 2.05) is 0 Å². The Bertz CT molecular complexity index is 276. The molecule has 0 aromatic heterocycles. The lowest BCUT2D eigenvalue weighted by Crippen LogP contribution is -2.28. The van der Waals surface area contributed by atoms with E-state index in [0.29, 0.717) is 19.0 Å². The quantitative estimate of drug-likeness (QED) is 0.341. The van der Waals surface area contributed by atoms with Crippen molar-refractivity contribution in [1.29, 1.82) is 0 Å². The molecular weight excluding hydrogens is 212 g/mol. The van der Waals surface area contributed by atoms with Gasteiger partial charge in [-0.2, -0.15) is 0 Å². The third-order valence-corrected chi connectivity index (χ3v) is 2.14. The highest BCUT2D eigenvalue weighted by Crippen LogP contribution is 2.09. The van der Waals surface area contributed by atoms with Crippen LogP contribution in [0.4, 0.5) is 0 Å². The van der Waals surface area contributed by atoms with Gasteiger partial charge < -0.3 is 21.7 Å². The monoisotopic (exact) mass is 230 g/mol. The van der Waals surface area contributed by atoms with Gasteiger partial charge in [0.2, 0.25) is 0 Å². The van der Waals surface area contributed by atoms with E-state index in [0.717, 1.165) is 19.3 Å². The van der Waals surface area contributed by atoms with Crippen LogP contribution in [0.5, 0.6) is 0 Å². The van der Waals surface area contributed by atoms with Crippen molar-refractivity contribution >= 4 is 11.9 Å². The average molecular weight is 230 g/mol. The molecule has 0 aliphatic heterocycles. The second-order valence-electron chi connectivity index (χ2n) is 3.49. The molecule has 1 atom stereocenters. The second kappa shape index (κ2) is 7.84. The minimum Gasteiger partial charge on any atom is -0.478 e. The molecule has 0 fully saturated rings. The van der Waals surface area contributed by atoms with Crippen LogP contribution in [-0.4, -0.2) is 34.7 Å². The predicted molar refractivity (Wildman–Crippen MR) is 58.9 cm³/mol. The minimum atomic E-state index is -1.30. The summed E-state index contributed by atoms with van der Waals surface area (Å²) in [5.41, 5.74) is 10.6. The van der Waals surface area contributed by atoms with Crippen molar-refractivity contribution in [2.45, 2.75) is 31.7 Å². The Kier molecular flexibility index (Phi) is 7.15. The Hall–Kier alpha value is -1.40. The highest BCUT2D eigenvalue weighted by Gasteiger charge is 2.17. The first-order valence-corrected chi connectivity index (χ1v) is 5.12. The molecule has 0 amide bonds. The summed E-state index contributed by atoms with van der Waals surface area (Å²) in [5.74, 6) is -2.58. The van der Waals surface area contributed by atoms with E-state index in [4.69, 9.17) is 21.7 Å². The number of hydrogen-bond acceptors (Lipinski definition) is 4. The van der Waals surface area contributed by atoms with Crippen molar-refractivity contribution in [1.82, 2.24) is 0 Å². The van der Waals surface area contributed by atoms with Gasteiger partial charge in [0.25, 0.3) is 0 Å². The largest absolute Gasteiger partial charge is 0.478 e. The lowest BCUT2D eigenvalue weighted by molar-refractivity contribution is -0.135. The van der Waals surface area contributed by atoms with Crippen LogP contribution in [0, 0.1) is 0 Å². The summed E-state index contributed by atoms with van der Waals surface area (Å²) in [6.07, 6.45) is 3.56. The number of rotatable bonds is 8. The van der Waals surface area contributed by atoms with Crippen LogP contribution in [0.3, 0.4) is 0 Å². The van der Waals surface area contributed by atoms with Gasteiger partial charge in [-0.3, -0.25) is 0 Å². The third kappa shape index (κ3) is 6.15. The minimum absolute atomic E-state index is 0.264. The zero-order valence-corrected chi connectivity index (χ0v) is 9.06. The van der Waals surface area contributed by atoms with Gasteiger partial charge in [-0.25, -0.2) is 9.59 Å². The SMILES string of the molecule is NCCCCCC(N)/C(=C\C(=O)O)C(=O)O. The molecule has 0 bridgehead atoms. The molecular formula is C10H18N2O4. The van der Waals surface area contributed by atoms with E-state index in [1.165, 1.54) is 0 Å². The Balaban J connectivity index is 4.24. The van der Waals surface area contributed by atoms with Crippen molar-refractivity contribution in [2.24, 2.45) is 11.5 Å². The van der Waals surface area contributed by atoms with Crippen LogP contribution >= 0.6 is 0 Å². The molecule has 0 heterocycles. The average Bonchev–Trinajstić information content (AvgIpc) is 2.20. The fourth-order valence-corrected chi connectivity index (χ4v) is 1.30. The number of hydrogen-bond donors (Lipinski definition) is 4. The van der Waals surface area contributed by atoms with Crippen molar-refractivity contribution in [2.75, 3.05) is 6.54 Å². The molecule has 0 aliphatic carbocycles. The lowest BCUT2D eigenvalue weighted by atomic mass is 10.0. The van der Waals surface area contributed by atoms with Gasteiger partial charge in [0.1, 0.15) is 0 Å². The topological polar surface area (TPSA) is 127 Å². The molecule has 1 unspecified atom stereocenters. The van der Waals surface area contributed by atoms with Crippen molar-refractivity contribution in [3.8, 4) is 0 Å². The van der Waals surface area contributed by atoms with Crippen LogP contribution in [-0.2, 0) is 9.59 Å². The Morgan fingerprint density at radius 3 is 2.25 bits per heavy atom. The first-order valence-electron chi connectivity index (χ1n) is 5.12. The first kappa shape index (κ1) is 14.6. The summed E-state index contributed by atoms with van der Waals surface area (Å²) in [6, 6.07) is -0.744. The highest BCUT2D eigenvalue weighted by molar-refractivity contribution is 5.95. The number of nitrogens with two attached hydrogens (primary N) is 2. The predicted octanol–water partition coefficient (Wildman–Crippen LogP) is -0.0716. The first-order chi connectivity index (χ1) is 7.49. The zero-order chi connectivity index (χ0) is 12.6. The molecule has 0 saturated carbocycles. The van der Waals surface area contributed by atoms with Gasteiger partial charge in [-0.15, -0.1) is 0 Å². The van der Waals surface area contributed by atoms with Gasteiger partial charge in [0.15, 0.2) is 0 Å². The molecule has 0 aromatic rings. The number of carbonyl (C=O) groups is 2. The number of carboxylic acids is 2. The van der Waals surface area contributed by atoms with E-state index in [2.05, 4.69) is 0 Å². The summed E-state index contributed by atoms with van der Waals surface area (Å²) in [4.78, 5) is 21.1. The highest BCUT2D eigenvalue weighted by atomic mass is 16.4. The maximum atomic E-state index is 10.7. The molecule has 6 nitrogen and oxygen atoms in total. The van der Waals surface area contributed by atoms with Crippen LogP contribution in [0.15, 0.2) is 11.6 Å². The summed E-state index contributed by atoms with van der Waals surface area (Å²) < 4.78 is 0. The van der Waals surface area contributed by atoms with Gasteiger partial charge in [0, 0.05) is 12.1 Å². The van der Waals surface area contributed by atoms with Gasteiger partial charge in [0.05, 0.1) is 5.57 Å². The van der Waals surface area contributed by atoms with Crippen LogP contribution < -0.4 is 11.5 Å². The zero-order valence-electron chi connectivity index (χ0n) is 9.06. The number of carboxylic acid groups (broad SMARTS) is 2. The molecule has 0 radical (unpaired) electrons. The fraction of sp³-hybridized carbons (Fsp3) is 0.600. The van der Waals surface area contributed by atoms with Crippen LogP contribution in [0.1, 0.15) is 25.7 Å². The fourth-order valence-electron chi connectivity index (χ4n) is 1.30. The van der Waals surface area contributed by atoms with E-state index < -0.39 is 18.0 Å². The summed E-state index contributed by atoms with van der Waals surface area (Å²) in [7, 11) is 0. The van der Waals surface area contributed by atoms with Gasteiger partial charge in [-0.1, -0.05) is 12.8 Å². The van der Waals surface area contributed by atoms with Crippen LogP contribution in [0.25, 0.3) is 0 Å². The molecule has 92 valence electrons. The molecule has 0 aliphatic rings. The molecule has 0 spiro atoms. The summed E-state index contributed by atoms with van der Waals surface area (Å²) in [5, 5.41) is 17.2. The van der Waals surface area contributed by atoms with E-state index >= 15 is 0 Å². The molecule has 0 saturated heterocycles. The molecule has 0 aromatic carbocycles. The van der Waals surface area contributed by atoms with Crippen molar-refractivity contribution in [3.05, 3.63) is 11.6 Å². The Labute approximate surface area is 93.9 Å². The number of aliphatic carboxylic acids is 2. The molecule has 6 heteroatoms. The molecule has 6 N–H and O–H groups in total. The standard InChI is InChI=1S/C10H18N2O4/c11-5-3-1-2-4-8(12)7(10(15)16)6-9(13)14/h6,8H,1-5,11-12H2,(H,13,14)(H,15,16)/b7-6+. The van der Waals surface area contributed by atoms with Gasteiger partial charge >= 0.3 is 11.9 Å². The molecule has 0 rings (SSSR count). The number of unbranched alkanes of at least 4 members (excludes halogenated alkanes) is 2. The van der Waals surface area contributed by atoms with Crippen molar-refractivity contribution in [3.63, 3.8) is 0 Å². The van der Waals surface area contributed by atoms with Gasteiger partial charge in [-0.05, 0) is 19.4 Å². The maximum Gasteiger partial charge on any atom is 0.333 e. The smallest absolute Gasteiger partial charge is 0.333 e. The van der Waals surface area contributed by atoms with Crippen molar-refractivity contribution < 1.29 is 19.8 Å². The third-order valence-electron chi connectivity index (χ3n) is 2.14. The Morgan fingerprint density at radius 1 is 1.19 bits per heavy atom.